The van der Waals surface area contributed by atoms with Gasteiger partial charge in [0.2, 0.25) is 11.1 Å². The normalized spacial score (nSPS) is 10.2. The van der Waals surface area contributed by atoms with Gasteiger partial charge in [0, 0.05) is 6.54 Å². The number of aryl methyl sites for hydroxylation is 2. The fraction of sp³-hybridized carbons (Fsp3) is 0.214. The molecule has 1 N–H and O–H groups in total. The third-order valence-corrected chi connectivity index (χ3v) is 3.01. The molecule has 0 unspecified atom stereocenters. The molecule has 0 aliphatic rings. The Morgan fingerprint density at radius 2 is 2.23 bits per heavy atom. The van der Waals surface area contributed by atoms with Crippen molar-refractivity contribution in [1.29, 1.82) is 0 Å². The highest BCUT2D eigenvalue weighted by Crippen LogP contribution is 2.13. The molecule has 0 fully saturated rings. The number of ether oxygens (including phenoxy) is 1. The monoisotopic (exact) mass is 303 g/mol. The first kappa shape index (κ1) is 15.4. The minimum absolute atomic E-state index is 0.288. The van der Waals surface area contributed by atoms with Crippen molar-refractivity contribution in [1.82, 2.24) is 9.78 Å². The van der Waals surface area contributed by atoms with Crippen LogP contribution >= 0.6 is 0 Å². The van der Waals surface area contributed by atoms with Gasteiger partial charge in [0.1, 0.15) is 5.75 Å². The van der Waals surface area contributed by atoms with Crippen molar-refractivity contribution in [2.75, 3.05) is 7.11 Å². The molecule has 8 nitrogen and oxygen atoms in total. The quantitative estimate of drug-likeness (QED) is 0.811. The fourth-order valence-electron chi connectivity index (χ4n) is 1.91. The van der Waals surface area contributed by atoms with Crippen molar-refractivity contribution in [2.24, 2.45) is 5.18 Å². The van der Waals surface area contributed by atoms with E-state index < -0.39 is 22.8 Å². The van der Waals surface area contributed by atoms with Crippen molar-refractivity contribution >= 4 is 11.7 Å². The minimum atomic E-state index is -1.49. The molecule has 0 saturated heterocycles. The van der Waals surface area contributed by atoms with Crippen LogP contribution < -0.4 is 10.2 Å². The Hall–Kier alpha value is -3.03. The van der Waals surface area contributed by atoms with Crippen LogP contribution in [0.25, 0.3) is 0 Å². The predicted molar refractivity (Wildman–Crippen MR) is 77.6 cm³/mol. The average Bonchev–Trinajstić information content (AvgIpc) is 2.53. The molecular weight excluding hydrogens is 290 g/mol. The second-order valence-corrected chi connectivity index (χ2v) is 4.45. The van der Waals surface area contributed by atoms with Crippen LogP contribution in [0.3, 0.4) is 0 Å². The lowest BCUT2D eigenvalue weighted by Gasteiger charge is -2.08. The van der Waals surface area contributed by atoms with E-state index in [-0.39, 0.29) is 6.54 Å². The van der Waals surface area contributed by atoms with E-state index in [9.17, 15) is 14.5 Å². The van der Waals surface area contributed by atoms with Crippen LogP contribution in [0.2, 0.25) is 0 Å². The van der Waals surface area contributed by atoms with Crippen LogP contribution in [-0.4, -0.2) is 28.0 Å². The molecule has 1 aromatic carbocycles. The summed E-state index contributed by atoms with van der Waals surface area (Å²) in [4.78, 5) is 33.2. The van der Waals surface area contributed by atoms with Gasteiger partial charge in [0.15, 0.2) is 5.69 Å². The second kappa shape index (κ2) is 6.61. The van der Waals surface area contributed by atoms with Crippen LogP contribution in [-0.2, 0) is 13.0 Å². The standard InChI is InChI=1S/C14H13N3O5/c1-22-10-4-2-3-9(7-10)5-6-17-8-11(16-21)13(18)12(15-17)14(19)20/h2-4,7-8H,5-6H2,1H3,(H,19,20). The number of nitroso groups, excluding NO2 is 1. The Bertz CT molecular complexity index is 769. The number of nitrogens with zero attached hydrogens (tertiary/aromatic N) is 3. The molecule has 0 saturated carbocycles. The Labute approximate surface area is 124 Å². The van der Waals surface area contributed by atoms with E-state index in [4.69, 9.17) is 9.84 Å². The summed E-state index contributed by atoms with van der Waals surface area (Å²) in [7, 11) is 1.56. The molecule has 22 heavy (non-hydrogen) atoms. The van der Waals surface area contributed by atoms with Gasteiger partial charge in [-0.05, 0) is 29.3 Å². The molecule has 1 heterocycles. The highest BCUT2D eigenvalue weighted by molar-refractivity contribution is 5.85. The number of hydrogen-bond donors (Lipinski definition) is 1. The molecule has 2 rings (SSSR count). The number of aromatic nitrogens is 2. The van der Waals surface area contributed by atoms with E-state index in [1.807, 2.05) is 18.2 Å². The summed E-state index contributed by atoms with van der Waals surface area (Å²) in [6.07, 6.45) is 1.66. The molecule has 0 amide bonds. The summed E-state index contributed by atoms with van der Waals surface area (Å²) in [5.41, 5.74) is -1.24. The lowest BCUT2D eigenvalue weighted by atomic mass is 10.1. The van der Waals surface area contributed by atoms with Crippen LogP contribution in [0, 0.1) is 4.91 Å². The van der Waals surface area contributed by atoms with Crippen molar-refractivity contribution < 1.29 is 14.6 Å². The smallest absolute Gasteiger partial charge is 0.360 e. The third kappa shape index (κ3) is 3.35. The maximum Gasteiger partial charge on any atom is 0.360 e. The summed E-state index contributed by atoms with van der Waals surface area (Å²) in [6, 6.07) is 7.34. The van der Waals surface area contributed by atoms with E-state index in [1.165, 1.54) is 4.68 Å². The van der Waals surface area contributed by atoms with Crippen LogP contribution in [0.1, 0.15) is 16.1 Å². The zero-order valence-electron chi connectivity index (χ0n) is 11.7. The first-order valence-electron chi connectivity index (χ1n) is 6.36. The number of rotatable bonds is 6. The molecule has 2 aromatic rings. The van der Waals surface area contributed by atoms with E-state index >= 15 is 0 Å². The lowest BCUT2D eigenvalue weighted by molar-refractivity contribution is 0.0686. The number of methoxy groups -OCH3 is 1. The number of aromatic carboxylic acids is 1. The summed E-state index contributed by atoms with van der Waals surface area (Å²) in [6.45, 7) is 0.288. The molecule has 8 heteroatoms. The number of benzene rings is 1. The number of carboxylic acids is 1. The number of hydrogen-bond acceptors (Lipinski definition) is 6. The van der Waals surface area contributed by atoms with E-state index in [2.05, 4.69) is 10.3 Å². The zero-order valence-corrected chi connectivity index (χ0v) is 11.7. The van der Waals surface area contributed by atoms with Gasteiger partial charge in [-0.2, -0.15) is 5.10 Å². The SMILES string of the molecule is COc1cccc(CCn2cc(N=O)c(=O)c(C(=O)O)n2)c1. The number of carboxylic acid groups (broad SMARTS) is 1. The largest absolute Gasteiger partial charge is 0.497 e. The van der Waals surface area contributed by atoms with Gasteiger partial charge in [0.05, 0.1) is 13.3 Å². The van der Waals surface area contributed by atoms with Gasteiger partial charge in [-0.15, -0.1) is 4.91 Å². The van der Waals surface area contributed by atoms with Gasteiger partial charge >= 0.3 is 5.97 Å². The second-order valence-electron chi connectivity index (χ2n) is 4.45. The van der Waals surface area contributed by atoms with Gasteiger partial charge in [0.25, 0.3) is 0 Å². The van der Waals surface area contributed by atoms with E-state index in [0.29, 0.717) is 12.2 Å². The van der Waals surface area contributed by atoms with Crippen molar-refractivity contribution in [3.63, 3.8) is 0 Å². The molecule has 114 valence electrons. The van der Waals surface area contributed by atoms with E-state index in [0.717, 1.165) is 11.8 Å². The fourth-order valence-corrected chi connectivity index (χ4v) is 1.91. The Balaban J connectivity index is 2.25. The molecule has 0 aliphatic heterocycles. The van der Waals surface area contributed by atoms with Crippen LogP contribution in [0.15, 0.2) is 40.4 Å². The average molecular weight is 303 g/mol. The summed E-state index contributed by atoms with van der Waals surface area (Å²) in [5.74, 6) is -0.794. The zero-order chi connectivity index (χ0) is 16.1. The van der Waals surface area contributed by atoms with Crippen LogP contribution in [0.5, 0.6) is 5.75 Å². The van der Waals surface area contributed by atoms with E-state index in [1.54, 1.807) is 13.2 Å². The summed E-state index contributed by atoms with van der Waals surface area (Å²) < 4.78 is 6.34. The maximum atomic E-state index is 11.6. The minimum Gasteiger partial charge on any atom is -0.497 e. The topological polar surface area (TPSA) is 111 Å². The van der Waals surface area contributed by atoms with Gasteiger partial charge in [-0.1, -0.05) is 12.1 Å². The summed E-state index contributed by atoms with van der Waals surface area (Å²) >= 11 is 0. The van der Waals surface area contributed by atoms with Crippen molar-refractivity contribution in [2.45, 2.75) is 13.0 Å². The highest BCUT2D eigenvalue weighted by atomic mass is 16.5. The van der Waals surface area contributed by atoms with Gasteiger partial charge < -0.3 is 9.84 Å². The first-order valence-corrected chi connectivity index (χ1v) is 6.36. The Morgan fingerprint density at radius 1 is 1.45 bits per heavy atom. The molecule has 0 aliphatic carbocycles. The third-order valence-electron chi connectivity index (χ3n) is 3.01. The molecule has 1 aromatic heterocycles. The molecule has 0 radical (unpaired) electrons. The molecule has 0 spiro atoms. The Kier molecular flexibility index (Phi) is 4.62. The van der Waals surface area contributed by atoms with Gasteiger partial charge in [-0.3, -0.25) is 9.48 Å². The first-order chi connectivity index (χ1) is 10.5. The van der Waals surface area contributed by atoms with Crippen molar-refractivity contribution in [3.8, 4) is 5.75 Å². The maximum absolute atomic E-state index is 11.6. The summed E-state index contributed by atoms with van der Waals surface area (Å²) in [5, 5.41) is 15.2. The Morgan fingerprint density at radius 3 is 2.86 bits per heavy atom. The van der Waals surface area contributed by atoms with Gasteiger partial charge in [-0.25, -0.2) is 4.79 Å². The number of carbonyl (C=O) groups is 1. The predicted octanol–water partition coefficient (Wildman–Crippen LogP) is 1.59. The van der Waals surface area contributed by atoms with Crippen LogP contribution in [0.4, 0.5) is 5.69 Å². The molecule has 0 atom stereocenters. The lowest BCUT2D eigenvalue weighted by Crippen LogP contribution is -2.22. The molecular formula is C14H13N3O5. The van der Waals surface area contributed by atoms with Crippen molar-refractivity contribution in [3.05, 3.63) is 56.9 Å². The highest BCUT2D eigenvalue weighted by Gasteiger charge is 2.16. The molecule has 0 bridgehead atoms.